The Hall–Kier alpha value is -3.08. The van der Waals surface area contributed by atoms with Crippen molar-refractivity contribution >= 4 is 27.7 Å². The molecule has 1 saturated carbocycles. The highest BCUT2D eigenvalue weighted by atomic mass is 16.5. The minimum absolute atomic E-state index is 0.393. The molecule has 4 aromatic rings. The maximum Gasteiger partial charge on any atom is 0.251 e. The van der Waals surface area contributed by atoms with E-state index in [-0.39, 0.29) is 0 Å². The van der Waals surface area contributed by atoms with Crippen LogP contribution in [0.2, 0.25) is 0 Å². The second-order valence-corrected chi connectivity index (χ2v) is 7.58. The fraction of sp³-hybridized carbons (Fsp3) is 0.273. The number of carbonyl (C=O) groups excluding carboxylic acids is 1. The molecule has 27 heavy (non-hydrogen) atoms. The fourth-order valence-electron chi connectivity index (χ4n) is 4.21. The monoisotopic (exact) mass is 359 g/mol. The smallest absolute Gasteiger partial charge is 0.251 e. The second kappa shape index (κ2) is 5.71. The fourth-order valence-corrected chi connectivity index (χ4v) is 4.21. The Balaban J connectivity index is 1.94. The Bertz CT molecular complexity index is 1190. The Morgan fingerprint density at radius 2 is 2.04 bits per heavy atom. The molecule has 5 rings (SSSR count). The lowest BCUT2D eigenvalue weighted by Crippen LogP contribution is -2.16. The summed E-state index contributed by atoms with van der Waals surface area (Å²) in [5, 5.41) is 6.23. The van der Waals surface area contributed by atoms with Crippen LogP contribution in [-0.2, 0) is 6.42 Å². The Labute approximate surface area is 156 Å². The van der Waals surface area contributed by atoms with Gasteiger partial charge in [-0.2, -0.15) is 0 Å². The number of H-pyrrole nitrogens is 1. The summed E-state index contributed by atoms with van der Waals surface area (Å²) in [6.07, 6.45) is 3.25. The van der Waals surface area contributed by atoms with E-state index in [1.54, 1.807) is 0 Å². The molecule has 5 heteroatoms. The van der Waals surface area contributed by atoms with Crippen molar-refractivity contribution in [3.63, 3.8) is 0 Å². The largest absolute Gasteiger partial charge is 0.366 e. The second-order valence-electron chi connectivity index (χ2n) is 7.58. The lowest BCUT2D eigenvalue weighted by molar-refractivity contribution is 0.100. The minimum atomic E-state index is -0.393. The van der Waals surface area contributed by atoms with Crippen molar-refractivity contribution in [1.82, 2.24) is 10.1 Å². The number of fused-ring (bicyclic) bond motifs is 3. The number of benzene rings is 2. The topological polar surface area (TPSA) is 84.9 Å². The molecule has 136 valence electrons. The standard InChI is InChI=1S/C22H21N3O2/c1-11-19(12(2)27-25-11)16-10-17-14-5-3-4-6-18(14)24-21(17)20(22(23)26)15(16)9-13-7-8-13/h3-6,10,13,24H,7-9H2,1-2H3,(H2,23,26). The third-order valence-electron chi connectivity index (χ3n) is 5.65. The molecule has 2 aromatic carbocycles. The van der Waals surface area contributed by atoms with Crippen molar-refractivity contribution in [1.29, 1.82) is 0 Å². The molecule has 3 N–H and O–H groups in total. The molecule has 5 nitrogen and oxygen atoms in total. The van der Waals surface area contributed by atoms with Gasteiger partial charge in [-0.25, -0.2) is 0 Å². The van der Waals surface area contributed by atoms with Crippen LogP contribution in [0, 0.1) is 19.8 Å². The molecule has 1 aliphatic carbocycles. The normalized spacial score (nSPS) is 14.3. The van der Waals surface area contributed by atoms with Crippen molar-refractivity contribution in [3.05, 3.63) is 52.9 Å². The van der Waals surface area contributed by atoms with E-state index in [2.05, 4.69) is 22.3 Å². The van der Waals surface area contributed by atoms with Gasteiger partial charge in [-0.3, -0.25) is 4.79 Å². The summed E-state index contributed by atoms with van der Waals surface area (Å²) in [5.74, 6) is 0.985. The van der Waals surface area contributed by atoms with E-state index in [0.29, 0.717) is 11.5 Å². The molecule has 1 aliphatic rings. The molecule has 2 heterocycles. The highest BCUT2D eigenvalue weighted by Gasteiger charge is 2.29. The van der Waals surface area contributed by atoms with E-state index < -0.39 is 5.91 Å². The van der Waals surface area contributed by atoms with Crippen LogP contribution in [-0.4, -0.2) is 16.0 Å². The van der Waals surface area contributed by atoms with E-state index in [1.807, 2.05) is 32.0 Å². The number of hydrogen-bond donors (Lipinski definition) is 2. The third-order valence-corrected chi connectivity index (χ3v) is 5.65. The number of hydrogen-bond acceptors (Lipinski definition) is 3. The van der Waals surface area contributed by atoms with Gasteiger partial charge in [0.1, 0.15) is 5.76 Å². The molecule has 1 fully saturated rings. The molecule has 1 amide bonds. The van der Waals surface area contributed by atoms with Gasteiger partial charge in [-0.15, -0.1) is 0 Å². The Morgan fingerprint density at radius 1 is 1.26 bits per heavy atom. The summed E-state index contributed by atoms with van der Waals surface area (Å²) < 4.78 is 5.43. The maximum atomic E-state index is 12.6. The molecule has 0 aliphatic heterocycles. The van der Waals surface area contributed by atoms with Gasteiger partial charge in [0, 0.05) is 21.9 Å². The van der Waals surface area contributed by atoms with E-state index >= 15 is 0 Å². The van der Waals surface area contributed by atoms with Gasteiger partial charge in [-0.05, 0) is 62.3 Å². The Morgan fingerprint density at radius 3 is 2.70 bits per heavy atom. The molecular formula is C22H21N3O2. The molecule has 0 radical (unpaired) electrons. The highest BCUT2D eigenvalue weighted by molar-refractivity contribution is 6.17. The van der Waals surface area contributed by atoms with Crippen LogP contribution in [0.3, 0.4) is 0 Å². The van der Waals surface area contributed by atoms with Crippen LogP contribution in [0.4, 0.5) is 0 Å². The quantitative estimate of drug-likeness (QED) is 0.556. The van der Waals surface area contributed by atoms with Crippen molar-refractivity contribution in [3.8, 4) is 11.1 Å². The number of para-hydroxylation sites is 1. The molecule has 0 saturated heterocycles. The van der Waals surface area contributed by atoms with Gasteiger partial charge in [0.25, 0.3) is 5.91 Å². The summed E-state index contributed by atoms with van der Waals surface area (Å²) in [6, 6.07) is 10.3. The first kappa shape index (κ1) is 16.1. The number of aromatic amines is 1. The van der Waals surface area contributed by atoms with Crippen molar-refractivity contribution in [2.75, 3.05) is 0 Å². The van der Waals surface area contributed by atoms with Gasteiger partial charge in [0.05, 0.1) is 16.8 Å². The average Bonchev–Trinajstić information content (AvgIpc) is 3.29. The molecule has 0 unspecified atom stereocenters. The summed E-state index contributed by atoms with van der Waals surface area (Å²) in [5.41, 5.74) is 12.2. The zero-order valence-electron chi connectivity index (χ0n) is 15.4. The van der Waals surface area contributed by atoms with E-state index in [4.69, 9.17) is 10.3 Å². The summed E-state index contributed by atoms with van der Waals surface area (Å²) in [4.78, 5) is 16.0. The van der Waals surface area contributed by atoms with Gasteiger partial charge >= 0.3 is 0 Å². The minimum Gasteiger partial charge on any atom is -0.366 e. The molecule has 0 bridgehead atoms. The first-order valence-electron chi connectivity index (χ1n) is 9.34. The van der Waals surface area contributed by atoms with Gasteiger partial charge in [-0.1, -0.05) is 23.4 Å². The number of amides is 1. The third kappa shape index (κ3) is 2.46. The molecule has 0 atom stereocenters. The van der Waals surface area contributed by atoms with E-state index in [9.17, 15) is 4.79 Å². The van der Waals surface area contributed by atoms with Gasteiger partial charge in [0.15, 0.2) is 0 Å². The Kier molecular flexibility index (Phi) is 3.41. The van der Waals surface area contributed by atoms with Crippen LogP contribution in [0.1, 0.15) is 40.2 Å². The van der Waals surface area contributed by atoms with Gasteiger partial charge in [0.2, 0.25) is 0 Å². The van der Waals surface area contributed by atoms with Crippen molar-refractivity contribution < 1.29 is 9.32 Å². The zero-order valence-corrected chi connectivity index (χ0v) is 15.4. The molecular weight excluding hydrogens is 338 g/mol. The number of primary amides is 1. The molecule has 0 spiro atoms. The number of nitrogens with two attached hydrogens (primary N) is 1. The van der Waals surface area contributed by atoms with E-state index in [1.165, 1.54) is 12.8 Å². The van der Waals surface area contributed by atoms with Crippen LogP contribution in [0.5, 0.6) is 0 Å². The predicted octanol–water partition coefficient (Wildman–Crippen LogP) is 4.64. The maximum absolute atomic E-state index is 12.6. The number of aryl methyl sites for hydroxylation is 2. The highest BCUT2D eigenvalue weighted by Crippen LogP contribution is 2.42. The summed E-state index contributed by atoms with van der Waals surface area (Å²) >= 11 is 0. The van der Waals surface area contributed by atoms with Crippen molar-refractivity contribution in [2.24, 2.45) is 11.7 Å². The number of nitrogens with one attached hydrogen (secondary N) is 1. The average molecular weight is 359 g/mol. The predicted molar refractivity (Wildman–Crippen MR) is 106 cm³/mol. The summed E-state index contributed by atoms with van der Waals surface area (Å²) in [7, 11) is 0. The van der Waals surface area contributed by atoms with Gasteiger partial charge < -0.3 is 15.2 Å². The summed E-state index contributed by atoms with van der Waals surface area (Å²) in [6.45, 7) is 3.86. The number of aromatic nitrogens is 2. The van der Waals surface area contributed by atoms with Crippen LogP contribution >= 0.6 is 0 Å². The SMILES string of the molecule is Cc1noc(C)c1-c1cc2c([nH]c3ccccc32)c(C(N)=O)c1CC1CC1. The first-order valence-corrected chi connectivity index (χ1v) is 9.34. The first-order chi connectivity index (χ1) is 13.0. The zero-order chi connectivity index (χ0) is 18.7. The van der Waals surface area contributed by atoms with Crippen molar-refractivity contribution in [2.45, 2.75) is 33.1 Å². The lowest BCUT2D eigenvalue weighted by Gasteiger charge is -2.15. The number of carbonyl (C=O) groups is 1. The van der Waals surface area contributed by atoms with E-state index in [0.717, 1.165) is 56.4 Å². The van der Waals surface area contributed by atoms with Crippen LogP contribution in [0.15, 0.2) is 34.9 Å². The van der Waals surface area contributed by atoms with Crippen LogP contribution < -0.4 is 5.73 Å². The lowest BCUT2D eigenvalue weighted by atomic mass is 9.88. The van der Waals surface area contributed by atoms with Crippen LogP contribution in [0.25, 0.3) is 32.9 Å². The number of nitrogens with zero attached hydrogens (tertiary/aromatic N) is 1. The molecule has 2 aromatic heterocycles. The number of rotatable bonds is 4.